The second-order valence-electron chi connectivity index (χ2n) is 5.34. The van der Waals surface area contributed by atoms with Crippen LogP contribution in [0, 0.1) is 0 Å². The van der Waals surface area contributed by atoms with Crippen LogP contribution in [0.25, 0.3) is 6.08 Å². The summed E-state index contributed by atoms with van der Waals surface area (Å²) >= 11 is 1.50. The van der Waals surface area contributed by atoms with Crippen LogP contribution in [0.2, 0.25) is 0 Å². The summed E-state index contributed by atoms with van der Waals surface area (Å²) in [5.41, 5.74) is 0.427. The molecule has 4 rings (SSSR count). The Labute approximate surface area is 147 Å². The van der Waals surface area contributed by atoms with Crippen molar-refractivity contribution in [3.8, 4) is 11.5 Å². The van der Waals surface area contributed by atoms with Gasteiger partial charge in [0, 0.05) is 17.0 Å². The van der Waals surface area contributed by atoms with Crippen LogP contribution in [0.3, 0.4) is 0 Å². The van der Waals surface area contributed by atoms with Gasteiger partial charge in [-0.2, -0.15) is 0 Å². The van der Waals surface area contributed by atoms with Gasteiger partial charge >= 0.3 is 5.97 Å². The smallest absolute Gasteiger partial charge is 0.316 e. The van der Waals surface area contributed by atoms with E-state index in [2.05, 4.69) is 0 Å². The van der Waals surface area contributed by atoms with E-state index >= 15 is 0 Å². The number of benzene rings is 1. The molecule has 124 valence electrons. The van der Waals surface area contributed by atoms with E-state index in [1.165, 1.54) is 23.7 Å². The molecule has 0 atom stereocenters. The summed E-state index contributed by atoms with van der Waals surface area (Å²) in [6, 6.07) is 11.9. The molecule has 0 unspecified atom stereocenters. The van der Waals surface area contributed by atoms with Crippen LogP contribution in [0.4, 0.5) is 0 Å². The van der Waals surface area contributed by atoms with Gasteiger partial charge in [0.1, 0.15) is 17.3 Å². The molecule has 3 heterocycles. The quantitative estimate of drug-likeness (QED) is 0.402. The van der Waals surface area contributed by atoms with Crippen LogP contribution in [0.1, 0.15) is 21.0 Å². The first-order valence-corrected chi connectivity index (χ1v) is 8.42. The third-order valence-electron chi connectivity index (χ3n) is 3.59. The topological polar surface area (TPSA) is 65.7 Å². The van der Waals surface area contributed by atoms with Crippen LogP contribution in [-0.4, -0.2) is 11.8 Å². The molecule has 0 spiro atoms. The molecular weight excluding hydrogens is 340 g/mol. The van der Waals surface area contributed by atoms with E-state index in [9.17, 15) is 9.59 Å². The average Bonchev–Trinajstić information content (AvgIpc) is 3.32. The number of carbonyl (C=O) groups is 2. The zero-order valence-corrected chi connectivity index (χ0v) is 13.7. The number of ether oxygens (including phenoxy) is 2. The molecule has 1 aliphatic rings. The molecule has 0 N–H and O–H groups in total. The lowest BCUT2D eigenvalue weighted by atomic mass is 10.1. The van der Waals surface area contributed by atoms with Crippen molar-refractivity contribution in [1.29, 1.82) is 0 Å². The van der Waals surface area contributed by atoms with Crippen LogP contribution in [0.5, 0.6) is 11.5 Å². The van der Waals surface area contributed by atoms with Crippen molar-refractivity contribution in [2.45, 2.75) is 6.42 Å². The van der Waals surface area contributed by atoms with Crippen molar-refractivity contribution in [2.75, 3.05) is 0 Å². The highest BCUT2D eigenvalue weighted by Crippen LogP contribution is 2.35. The van der Waals surface area contributed by atoms with E-state index in [4.69, 9.17) is 13.9 Å². The fourth-order valence-corrected chi connectivity index (χ4v) is 3.15. The summed E-state index contributed by atoms with van der Waals surface area (Å²) in [5.74, 6) is 0.809. The molecule has 25 heavy (non-hydrogen) atoms. The number of furan rings is 1. The number of rotatable bonds is 4. The number of esters is 1. The zero-order chi connectivity index (χ0) is 17.2. The lowest BCUT2D eigenvalue weighted by Crippen LogP contribution is -2.10. The normalized spacial score (nSPS) is 14.4. The van der Waals surface area contributed by atoms with Gasteiger partial charge in [-0.15, -0.1) is 11.3 Å². The minimum Gasteiger partial charge on any atom is -0.465 e. The summed E-state index contributed by atoms with van der Waals surface area (Å²) in [6.45, 7) is 0. The Morgan fingerprint density at radius 3 is 2.88 bits per heavy atom. The Kier molecular flexibility index (Phi) is 3.95. The molecule has 0 saturated heterocycles. The molecule has 5 nitrogen and oxygen atoms in total. The third kappa shape index (κ3) is 3.25. The number of allylic oxidation sites excluding steroid dienone is 1. The molecule has 1 aliphatic heterocycles. The van der Waals surface area contributed by atoms with Crippen molar-refractivity contribution in [3.05, 3.63) is 76.1 Å². The minimum atomic E-state index is -0.363. The Balaban J connectivity index is 1.50. The highest BCUT2D eigenvalue weighted by molar-refractivity contribution is 7.10. The van der Waals surface area contributed by atoms with Crippen molar-refractivity contribution in [2.24, 2.45) is 0 Å². The Morgan fingerprint density at radius 2 is 2.12 bits per heavy atom. The molecule has 2 aromatic heterocycles. The number of fused-ring (bicyclic) bond motifs is 1. The van der Waals surface area contributed by atoms with Gasteiger partial charge < -0.3 is 13.9 Å². The van der Waals surface area contributed by atoms with Crippen molar-refractivity contribution in [3.63, 3.8) is 0 Å². The van der Waals surface area contributed by atoms with Gasteiger partial charge in [-0.3, -0.25) is 9.59 Å². The number of ketones is 1. The van der Waals surface area contributed by atoms with E-state index in [0.717, 1.165) is 4.88 Å². The van der Waals surface area contributed by atoms with Crippen LogP contribution >= 0.6 is 11.3 Å². The molecule has 1 aromatic carbocycles. The van der Waals surface area contributed by atoms with E-state index in [1.807, 2.05) is 17.5 Å². The molecule has 6 heteroatoms. The first-order chi connectivity index (χ1) is 12.2. The van der Waals surface area contributed by atoms with Gasteiger partial charge in [0.2, 0.25) is 5.78 Å². The van der Waals surface area contributed by atoms with Gasteiger partial charge in [0.05, 0.1) is 18.2 Å². The Morgan fingerprint density at radius 1 is 1.20 bits per heavy atom. The van der Waals surface area contributed by atoms with E-state index in [0.29, 0.717) is 22.8 Å². The van der Waals surface area contributed by atoms with Crippen LogP contribution in [-0.2, 0) is 11.2 Å². The number of thiophene rings is 1. The fourth-order valence-electron chi connectivity index (χ4n) is 2.46. The maximum absolute atomic E-state index is 12.3. The second-order valence-corrected chi connectivity index (χ2v) is 6.38. The minimum absolute atomic E-state index is 0.173. The zero-order valence-electron chi connectivity index (χ0n) is 12.9. The Bertz CT molecular complexity index is 952. The van der Waals surface area contributed by atoms with Gasteiger partial charge in [0.25, 0.3) is 0 Å². The number of hydrogen-bond acceptors (Lipinski definition) is 6. The highest BCUT2D eigenvalue weighted by atomic mass is 32.1. The predicted octanol–water partition coefficient (Wildman–Crippen LogP) is 4.11. The van der Waals surface area contributed by atoms with Gasteiger partial charge in [0.15, 0.2) is 5.76 Å². The molecule has 0 aliphatic carbocycles. The van der Waals surface area contributed by atoms with Crippen molar-refractivity contribution >= 4 is 29.2 Å². The lowest BCUT2D eigenvalue weighted by molar-refractivity contribution is -0.133. The number of carbonyl (C=O) groups excluding carboxylic acids is 2. The first kappa shape index (κ1) is 15.4. The standard InChI is InChI=1S/C19H12O5S/c20-18(11-14-4-2-8-25-14)23-13-5-6-15-16(10-13)24-17(19(15)21)9-12-3-1-7-22-12/h1-10H,11H2/b17-9-. The average molecular weight is 352 g/mol. The fraction of sp³-hybridized carbons (Fsp3) is 0.0526. The summed E-state index contributed by atoms with van der Waals surface area (Å²) in [4.78, 5) is 25.2. The van der Waals surface area contributed by atoms with Gasteiger partial charge in [-0.1, -0.05) is 6.07 Å². The summed E-state index contributed by atoms with van der Waals surface area (Å²) in [5, 5.41) is 1.91. The summed E-state index contributed by atoms with van der Waals surface area (Å²) < 4.78 is 16.1. The van der Waals surface area contributed by atoms with Crippen molar-refractivity contribution in [1.82, 2.24) is 0 Å². The molecule has 3 aromatic rings. The predicted molar refractivity (Wildman–Crippen MR) is 91.7 cm³/mol. The van der Waals surface area contributed by atoms with Crippen LogP contribution in [0.15, 0.2) is 64.3 Å². The SMILES string of the molecule is O=C(Cc1cccs1)Oc1ccc2c(c1)O/C(=C\c1ccco1)C2=O. The molecule has 0 amide bonds. The highest BCUT2D eigenvalue weighted by Gasteiger charge is 2.28. The molecular formula is C19H12O5S. The number of hydrogen-bond donors (Lipinski definition) is 0. The first-order valence-electron chi connectivity index (χ1n) is 7.54. The molecule has 0 saturated carbocycles. The third-order valence-corrected chi connectivity index (χ3v) is 4.46. The van der Waals surface area contributed by atoms with Gasteiger partial charge in [-0.05, 0) is 35.7 Å². The lowest BCUT2D eigenvalue weighted by Gasteiger charge is -2.04. The van der Waals surface area contributed by atoms with Crippen molar-refractivity contribution < 1.29 is 23.5 Å². The maximum atomic E-state index is 12.3. The second kappa shape index (κ2) is 6.41. The van der Waals surface area contributed by atoms with E-state index < -0.39 is 0 Å². The maximum Gasteiger partial charge on any atom is 0.316 e. The largest absolute Gasteiger partial charge is 0.465 e. The monoisotopic (exact) mass is 352 g/mol. The molecule has 0 bridgehead atoms. The van der Waals surface area contributed by atoms with Gasteiger partial charge in [-0.25, -0.2) is 0 Å². The van der Waals surface area contributed by atoms with Crippen LogP contribution < -0.4 is 9.47 Å². The summed E-state index contributed by atoms with van der Waals surface area (Å²) in [7, 11) is 0. The van der Waals surface area contributed by atoms with E-state index in [1.54, 1.807) is 30.3 Å². The van der Waals surface area contributed by atoms with E-state index in [-0.39, 0.29) is 23.9 Å². The molecule has 0 fully saturated rings. The Hall–Kier alpha value is -3.12. The molecule has 0 radical (unpaired) electrons. The summed E-state index contributed by atoms with van der Waals surface area (Å²) in [6.07, 6.45) is 3.26. The number of Topliss-reactive ketones (excluding diaryl/α,β-unsaturated/α-hetero) is 1.